The van der Waals surface area contributed by atoms with Crippen LogP contribution in [0.25, 0.3) is 0 Å². The first-order chi connectivity index (χ1) is 18.2. The standard InChI is InChI=1S/C30H38N4O3S/c1-7-17-36-27(35)25-20(3)31-28-32-29(38-18-8-2)33-34(28)26(25)23-11-9-10-12-24(23)37-19-21-13-15-22(16-14-21)30(4,5)6/h9-16,26H,7-8,17-19H2,1-6H3,(H,31,32,33). The van der Waals surface area contributed by atoms with Crippen molar-refractivity contribution >= 4 is 23.7 Å². The van der Waals surface area contributed by atoms with E-state index >= 15 is 0 Å². The zero-order valence-corrected chi connectivity index (χ0v) is 24.0. The summed E-state index contributed by atoms with van der Waals surface area (Å²) in [5.41, 5.74) is 4.50. The molecular formula is C30H38N4O3S. The molecule has 0 spiro atoms. The number of carbonyl (C=O) groups is 1. The Morgan fingerprint density at radius 1 is 1.08 bits per heavy atom. The largest absolute Gasteiger partial charge is 0.489 e. The van der Waals surface area contributed by atoms with Crippen LogP contribution < -0.4 is 10.1 Å². The predicted octanol–water partition coefficient (Wildman–Crippen LogP) is 6.90. The van der Waals surface area contributed by atoms with Gasteiger partial charge in [-0.1, -0.05) is 88.8 Å². The summed E-state index contributed by atoms with van der Waals surface area (Å²) in [7, 11) is 0. The third kappa shape index (κ3) is 6.23. The highest BCUT2D eigenvalue weighted by Gasteiger charge is 2.36. The molecule has 1 N–H and O–H groups in total. The van der Waals surface area contributed by atoms with Gasteiger partial charge in [0.1, 0.15) is 18.4 Å². The average molecular weight is 535 g/mol. The molecule has 1 atom stereocenters. The van der Waals surface area contributed by atoms with Crippen molar-refractivity contribution in [3.63, 3.8) is 0 Å². The molecule has 8 heteroatoms. The quantitative estimate of drug-likeness (QED) is 0.224. The fourth-order valence-corrected chi connectivity index (χ4v) is 4.99. The minimum atomic E-state index is -0.529. The lowest BCUT2D eigenvalue weighted by Crippen LogP contribution is -2.30. The van der Waals surface area contributed by atoms with Crippen LogP contribution in [0, 0.1) is 0 Å². The molecular weight excluding hydrogens is 496 g/mol. The number of para-hydroxylation sites is 1. The molecule has 0 amide bonds. The Morgan fingerprint density at radius 2 is 1.82 bits per heavy atom. The molecule has 0 aliphatic carbocycles. The van der Waals surface area contributed by atoms with Crippen molar-refractivity contribution in [3.8, 4) is 5.75 Å². The number of ether oxygens (including phenoxy) is 2. The Hall–Kier alpha value is -3.26. The average Bonchev–Trinajstić information content (AvgIpc) is 3.30. The molecule has 38 heavy (non-hydrogen) atoms. The van der Waals surface area contributed by atoms with E-state index in [1.54, 1.807) is 16.4 Å². The molecule has 2 heterocycles. The highest BCUT2D eigenvalue weighted by molar-refractivity contribution is 7.99. The number of hydrogen-bond acceptors (Lipinski definition) is 7. The summed E-state index contributed by atoms with van der Waals surface area (Å²) in [4.78, 5) is 18.0. The van der Waals surface area contributed by atoms with Crippen molar-refractivity contribution in [2.75, 3.05) is 17.7 Å². The number of benzene rings is 2. The van der Waals surface area contributed by atoms with E-state index in [0.29, 0.717) is 41.3 Å². The molecule has 202 valence electrons. The molecule has 0 fully saturated rings. The van der Waals surface area contributed by atoms with E-state index < -0.39 is 6.04 Å². The van der Waals surface area contributed by atoms with Gasteiger partial charge in [0.15, 0.2) is 0 Å². The Labute approximate surface area is 230 Å². The van der Waals surface area contributed by atoms with E-state index in [1.165, 1.54) is 5.56 Å². The van der Waals surface area contributed by atoms with E-state index in [1.807, 2.05) is 38.1 Å². The fraction of sp³-hybridized carbons (Fsp3) is 0.433. The minimum Gasteiger partial charge on any atom is -0.489 e. The highest BCUT2D eigenvalue weighted by Crippen LogP contribution is 2.40. The SMILES string of the molecule is CCCOC(=O)C1=C(C)Nc2nc(SCCC)nn2C1c1ccccc1OCc1ccc(C(C)(C)C)cc1. The summed E-state index contributed by atoms with van der Waals surface area (Å²) in [6, 6.07) is 15.8. The van der Waals surface area contributed by atoms with Crippen molar-refractivity contribution in [1.82, 2.24) is 14.8 Å². The van der Waals surface area contributed by atoms with Gasteiger partial charge in [0.25, 0.3) is 0 Å². The zero-order valence-electron chi connectivity index (χ0n) is 23.2. The van der Waals surface area contributed by atoms with Gasteiger partial charge in [-0.25, -0.2) is 9.48 Å². The molecule has 3 aromatic rings. The minimum absolute atomic E-state index is 0.0950. The first kappa shape index (κ1) is 27.8. The Bertz CT molecular complexity index is 1290. The van der Waals surface area contributed by atoms with Gasteiger partial charge in [-0.15, -0.1) is 5.10 Å². The summed E-state index contributed by atoms with van der Waals surface area (Å²) in [5.74, 6) is 1.85. The number of thioether (sulfide) groups is 1. The van der Waals surface area contributed by atoms with Gasteiger partial charge in [-0.05, 0) is 42.4 Å². The number of hydrogen-bond donors (Lipinski definition) is 1. The number of esters is 1. The normalized spacial score (nSPS) is 15.2. The molecule has 0 radical (unpaired) electrons. The number of nitrogens with one attached hydrogen (secondary N) is 1. The lowest BCUT2D eigenvalue weighted by Gasteiger charge is -2.29. The number of fused-ring (bicyclic) bond motifs is 1. The number of carbonyl (C=O) groups excluding carboxylic acids is 1. The first-order valence-corrected chi connectivity index (χ1v) is 14.3. The molecule has 0 bridgehead atoms. The summed E-state index contributed by atoms with van der Waals surface area (Å²) < 4.78 is 13.8. The summed E-state index contributed by atoms with van der Waals surface area (Å²) >= 11 is 1.60. The van der Waals surface area contributed by atoms with Crippen molar-refractivity contribution in [3.05, 3.63) is 76.5 Å². The van der Waals surface area contributed by atoms with E-state index in [9.17, 15) is 4.79 Å². The second-order valence-electron chi connectivity index (χ2n) is 10.5. The van der Waals surface area contributed by atoms with Crippen LogP contribution in [0.3, 0.4) is 0 Å². The van der Waals surface area contributed by atoms with Crippen LogP contribution in [0.5, 0.6) is 5.75 Å². The molecule has 7 nitrogen and oxygen atoms in total. The number of anilines is 1. The van der Waals surface area contributed by atoms with E-state index in [-0.39, 0.29) is 11.4 Å². The van der Waals surface area contributed by atoms with Gasteiger partial charge in [0, 0.05) is 17.0 Å². The van der Waals surface area contributed by atoms with E-state index in [0.717, 1.165) is 29.7 Å². The predicted molar refractivity (Wildman–Crippen MR) is 153 cm³/mol. The lowest BCUT2D eigenvalue weighted by molar-refractivity contribution is -0.139. The zero-order chi connectivity index (χ0) is 27.3. The Kier molecular flexibility index (Phi) is 8.82. The fourth-order valence-electron chi connectivity index (χ4n) is 4.31. The smallest absolute Gasteiger partial charge is 0.338 e. The molecule has 1 aliphatic rings. The van der Waals surface area contributed by atoms with Crippen molar-refractivity contribution in [2.24, 2.45) is 0 Å². The van der Waals surface area contributed by atoms with Crippen LogP contribution in [0.1, 0.15) is 77.1 Å². The van der Waals surface area contributed by atoms with Crippen LogP contribution in [-0.4, -0.2) is 33.1 Å². The van der Waals surface area contributed by atoms with Gasteiger partial charge in [0.05, 0.1) is 12.2 Å². The molecule has 1 aliphatic heterocycles. The Balaban J connectivity index is 1.69. The number of aromatic nitrogens is 3. The summed E-state index contributed by atoms with van der Waals surface area (Å²) in [5, 5.41) is 8.74. The summed E-state index contributed by atoms with van der Waals surface area (Å²) in [6.07, 6.45) is 1.76. The molecule has 1 aromatic heterocycles. The Morgan fingerprint density at radius 3 is 2.50 bits per heavy atom. The summed E-state index contributed by atoms with van der Waals surface area (Å²) in [6.45, 7) is 13.4. The maximum absolute atomic E-state index is 13.3. The highest BCUT2D eigenvalue weighted by atomic mass is 32.2. The molecule has 0 saturated heterocycles. The van der Waals surface area contributed by atoms with Gasteiger partial charge in [-0.3, -0.25) is 0 Å². The second-order valence-corrected chi connectivity index (χ2v) is 11.5. The lowest BCUT2D eigenvalue weighted by atomic mass is 9.87. The monoisotopic (exact) mass is 534 g/mol. The van der Waals surface area contributed by atoms with Crippen LogP contribution in [0.4, 0.5) is 5.95 Å². The third-order valence-electron chi connectivity index (χ3n) is 6.35. The van der Waals surface area contributed by atoms with Gasteiger partial charge in [-0.2, -0.15) is 4.98 Å². The second kappa shape index (κ2) is 12.1. The van der Waals surface area contributed by atoms with Crippen molar-refractivity contribution in [2.45, 2.75) is 77.6 Å². The van der Waals surface area contributed by atoms with Crippen LogP contribution in [0.15, 0.2) is 65.0 Å². The molecule has 0 saturated carbocycles. The number of allylic oxidation sites excluding steroid dienone is 1. The van der Waals surface area contributed by atoms with Gasteiger partial charge < -0.3 is 14.8 Å². The van der Waals surface area contributed by atoms with E-state index in [4.69, 9.17) is 19.6 Å². The van der Waals surface area contributed by atoms with Crippen LogP contribution in [-0.2, 0) is 21.6 Å². The van der Waals surface area contributed by atoms with E-state index in [2.05, 4.69) is 57.3 Å². The maximum atomic E-state index is 13.3. The number of rotatable bonds is 10. The molecule has 2 aromatic carbocycles. The van der Waals surface area contributed by atoms with Gasteiger partial charge >= 0.3 is 5.97 Å². The van der Waals surface area contributed by atoms with Crippen molar-refractivity contribution < 1.29 is 14.3 Å². The number of nitrogens with zero attached hydrogens (tertiary/aromatic N) is 3. The third-order valence-corrected chi connectivity index (χ3v) is 7.40. The first-order valence-electron chi connectivity index (χ1n) is 13.3. The van der Waals surface area contributed by atoms with Crippen LogP contribution >= 0.6 is 11.8 Å². The molecule has 1 unspecified atom stereocenters. The van der Waals surface area contributed by atoms with Gasteiger partial charge in [0.2, 0.25) is 11.1 Å². The van der Waals surface area contributed by atoms with Crippen molar-refractivity contribution in [1.29, 1.82) is 0 Å². The van der Waals surface area contributed by atoms with Crippen LogP contribution in [0.2, 0.25) is 0 Å². The maximum Gasteiger partial charge on any atom is 0.338 e. The topological polar surface area (TPSA) is 78.3 Å². The molecule has 4 rings (SSSR count).